The van der Waals surface area contributed by atoms with Crippen molar-refractivity contribution in [2.24, 2.45) is 5.92 Å². The van der Waals surface area contributed by atoms with Gasteiger partial charge in [0.1, 0.15) is 10.6 Å². The van der Waals surface area contributed by atoms with Crippen LogP contribution in [0.1, 0.15) is 30.6 Å². The van der Waals surface area contributed by atoms with Crippen LogP contribution in [0.4, 0.5) is 11.8 Å². The number of aromatic nitrogens is 2. The number of nitrogen functional groups attached to an aromatic ring is 1. The molecule has 100 valence electrons. The van der Waals surface area contributed by atoms with Gasteiger partial charge in [-0.1, -0.05) is 0 Å². The maximum Gasteiger partial charge on any atom is 0.223 e. The normalized spacial score (nSPS) is 19.0. The number of anilines is 2. The van der Waals surface area contributed by atoms with Gasteiger partial charge in [0.2, 0.25) is 5.95 Å². The fourth-order valence-electron chi connectivity index (χ4n) is 2.64. The number of hydrogen-bond acceptors (Lipinski definition) is 5. The molecule has 2 aromatic heterocycles. The number of thiophene rings is 1. The summed E-state index contributed by atoms with van der Waals surface area (Å²) < 4.78 is 0. The van der Waals surface area contributed by atoms with Crippen LogP contribution in [0.25, 0.3) is 10.2 Å². The molecule has 0 bridgehead atoms. The van der Waals surface area contributed by atoms with Crippen LogP contribution in [0.3, 0.4) is 0 Å². The smallest absolute Gasteiger partial charge is 0.223 e. The first-order chi connectivity index (χ1) is 9.20. The highest BCUT2D eigenvalue weighted by molar-refractivity contribution is 7.18. The molecule has 0 atom stereocenters. The second-order valence-electron chi connectivity index (χ2n) is 5.81. The van der Waals surface area contributed by atoms with Crippen LogP contribution in [-0.4, -0.2) is 22.6 Å². The fraction of sp³-hybridized carbons (Fsp3) is 0.571. The van der Waals surface area contributed by atoms with Crippen LogP contribution in [0.2, 0.25) is 0 Å². The van der Waals surface area contributed by atoms with Gasteiger partial charge >= 0.3 is 0 Å². The standard InChI is InChI=1S/C14H18N4S/c1-8-6-11-12(16-14(15)17-13(11)19-8)18(10-4-5-10)7-9-2-3-9/h6,9-10H,2-5,7H2,1H3,(H2,15,16,17). The van der Waals surface area contributed by atoms with Gasteiger partial charge in [0.25, 0.3) is 0 Å². The van der Waals surface area contributed by atoms with E-state index in [4.69, 9.17) is 5.73 Å². The fourth-order valence-corrected chi connectivity index (χ4v) is 3.52. The summed E-state index contributed by atoms with van der Waals surface area (Å²) in [6.45, 7) is 3.26. The lowest BCUT2D eigenvalue weighted by Gasteiger charge is -2.24. The Labute approximate surface area is 116 Å². The van der Waals surface area contributed by atoms with Crippen LogP contribution in [0.15, 0.2) is 6.07 Å². The molecular formula is C14H18N4S. The maximum atomic E-state index is 5.90. The van der Waals surface area contributed by atoms with Gasteiger partial charge in [-0.2, -0.15) is 4.98 Å². The van der Waals surface area contributed by atoms with Crippen LogP contribution in [0.5, 0.6) is 0 Å². The highest BCUT2D eigenvalue weighted by atomic mass is 32.1. The van der Waals surface area contributed by atoms with Crippen molar-refractivity contribution in [3.63, 3.8) is 0 Å². The van der Waals surface area contributed by atoms with E-state index in [1.807, 2.05) is 0 Å². The molecule has 0 aromatic carbocycles. The first-order valence-electron chi connectivity index (χ1n) is 7.01. The average molecular weight is 274 g/mol. The Hall–Kier alpha value is -1.36. The van der Waals surface area contributed by atoms with E-state index in [2.05, 4.69) is 27.9 Å². The van der Waals surface area contributed by atoms with Crippen LogP contribution in [0, 0.1) is 12.8 Å². The summed E-state index contributed by atoms with van der Waals surface area (Å²) in [4.78, 5) is 13.7. The van der Waals surface area contributed by atoms with Crippen molar-refractivity contribution in [1.29, 1.82) is 0 Å². The summed E-state index contributed by atoms with van der Waals surface area (Å²) in [6.07, 6.45) is 5.33. The number of aryl methyl sites for hydroxylation is 1. The Morgan fingerprint density at radius 3 is 2.79 bits per heavy atom. The quantitative estimate of drug-likeness (QED) is 0.931. The van der Waals surface area contributed by atoms with Gasteiger partial charge in [0.05, 0.1) is 5.39 Å². The minimum Gasteiger partial charge on any atom is -0.368 e. The van der Waals surface area contributed by atoms with E-state index in [9.17, 15) is 0 Å². The monoisotopic (exact) mass is 274 g/mol. The molecule has 2 aliphatic rings. The molecule has 4 rings (SSSR count). The number of nitrogens with two attached hydrogens (primary N) is 1. The Bertz CT molecular complexity index is 628. The molecule has 5 heteroatoms. The van der Waals surface area contributed by atoms with Crippen LogP contribution >= 0.6 is 11.3 Å². The van der Waals surface area contributed by atoms with Crippen molar-refractivity contribution in [3.8, 4) is 0 Å². The Balaban J connectivity index is 1.81. The third-order valence-electron chi connectivity index (χ3n) is 3.92. The first-order valence-corrected chi connectivity index (χ1v) is 7.82. The highest BCUT2D eigenvalue weighted by Crippen LogP contribution is 2.40. The van der Waals surface area contributed by atoms with E-state index in [-0.39, 0.29) is 0 Å². The lowest BCUT2D eigenvalue weighted by molar-refractivity contribution is 0.712. The lowest BCUT2D eigenvalue weighted by Crippen LogP contribution is -2.29. The summed E-state index contributed by atoms with van der Waals surface area (Å²) in [5.41, 5.74) is 5.90. The number of nitrogens with zero attached hydrogens (tertiary/aromatic N) is 3. The predicted octanol–water partition coefficient (Wildman–Crippen LogP) is 2.96. The summed E-state index contributed by atoms with van der Waals surface area (Å²) in [7, 11) is 0. The molecule has 0 saturated heterocycles. The lowest BCUT2D eigenvalue weighted by atomic mass is 10.3. The molecular weight excluding hydrogens is 256 g/mol. The molecule has 4 nitrogen and oxygen atoms in total. The van der Waals surface area contributed by atoms with Crippen molar-refractivity contribution < 1.29 is 0 Å². The van der Waals surface area contributed by atoms with Crippen molar-refractivity contribution in [2.45, 2.75) is 38.6 Å². The van der Waals surface area contributed by atoms with E-state index >= 15 is 0 Å². The van der Waals surface area contributed by atoms with Gasteiger partial charge < -0.3 is 10.6 Å². The Kier molecular flexibility index (Phi) is 2.45. The van der Waals surface area contributed by atoms with Crippen molar-refractivity contribution >= 4 is 33.3 Å². The molecule has 19 heavy (non-hydrogen) atoms. The Morgan fingerprint density at radius 2 is 2.11 bits per heavy atom. The minimum atomic E-state index is 0.408. The topological polar surface area (TPSA) is 55.0 Å². The van der Waals surface area contributed by atoms with E-state index in [0.29, 0.717) is 12.0 Å². The van der Waals surface area contributed by atoms with Crippen molar-refractivity contribution in [1.82, 2.24) is 9.97 Å². The highest BCUT2D eigenvalue weighted by Gasteiger charge is 2.35. The number of rotatable bonds is 4. The average Bonchev–Trinajstić information content (AvgIpc) is 3.22. The van der Waals surface area contributed by atoms with Gasteiger partial charge in [-0.15, -0.1) is 11.3 Å². The minimum absolute atomic E-state index is 0.408. The SMILES string of the molecule is Cc1cc2c(N(CC3CC3)C3CC3)nc(N)nc2s1. The number of hydrogen-bond donors (Lipinski definition) is 1. The predicted molar refractivity (Wildman–Crippen MR) is 79.7 cm³/mol. The molecule has 0 radical (unpaired) electrons. The molecule has 2 heterocycles. The Morgan fingerprint density at radius 1 is 1.32 bits per heavy atom. The third kappa shape index (κ3) is 2.16. The van der Waals surface area contributed by atoms with Crippen molar-refractivity contribution in [2.75, 3.05) is 17.2 Å². The second-order valence-corrected chi connectivity index (χ2v) is 7.04. The van der Waals surface area contributed by atoms with Crippen LogP contribution in [-0.2, 0) is 0 Å². The molecule has 0 amide bonds. The van der Waals surface area contributed by atoms with E-state index in [0.717, 1.165) is 23.1 Å². The van der Waals surface area contributed by atoms with E-state index < -0.39 is 0 Å². The zero-order valence-corrected chi connectivity index (χ0v) is 11.9. The molecule has 2 fully saturated rings. The van der Waals surface area contributed by atoms with Crippen LogP contribution < -0.4 is 10.6 Å². The first kappa shape index (κ1) is 11.5. The molecule has 2 N–H and O–H groups in total. The molecule has 2 saturated carbocycles. The molecule has 0 spiro atoms. The van der Waals surface area contributed by atoms with Gasteiger partial charge in [0.15, 0.2) is 0 Å². The summed E-state index contributed by atoms with van der Waals surface area (Å²) in [5.74, 6) is 2.35. The molecule has 0 unspecified atom stereocenters. The summed E-state index contributed by atoms with van der Waals surface area (Å²) in [5, 5.41) is 1.18. The summed E-state index contributed by atoms with van der Waals surface area (Å²) in [6, 6.07) is 2.88. The van der Waals surface area contributed by atoms with Gasteiger partial charge in [0, 0.05) is 17.5 Å². The van der Waals surface area contributed by atoms with Gasteiger partial charge in [-0.25, -0.2) is 4.98 Å². The van der Waals surface area contributed by atoms with Gasteiger partial charge in [-0.3, -0.25) is 0 Å². The zero-order chi connectivity index (χ0) is 13.0. The van der Waals surface area contributed by atoms with E-state index in [1.165, 1.54) is 35.9 Å². The second kappa shape index (κ2) is 4.07. The van der Waals surface area contributed by atoms with Crippen molar-refractivity contribution in [3.05, 3.63) is 10.9 Å². The zero-order valence-electron chi connectivity index (χ0n) is 11.1. The molecule has 2 aliphatic carbocycles. The molecule has 2 aromatic rings. The van der Waals surface area contributed by atoms with E-state index in [1.54, 1.807) is 11.3 Å². The largest absolute Gasteiger partial charge is 0.368 e. The number of fused-ring (bicyclic) bond motifs is 1. The third-order valence-corrected chi connectivity index (χ3v) is 4.87. The van der Waals surface area contributed by atoms with Gasteiger partial charge in [-0.05, 0) is 44.6 Å². The maximum absolute atomic E-state index is 5.90. The molecule has 0 aliphatic heterocycles. The summed E-state index contributed by atoms with van der Waals surface area (Å²) >= 11 is 1.71.